The molecule has 2 amide bonds. The van der Waals surface area contributed by atoms with Crippen molar-refractivity contribution in [2.45, 2.75) is 26.3 Å². The van der Waals surface area contributed by atoms with Gasteiger partial charge in [-0.15, -0.1) is 0 Å². The molecule has 1 unspecified atom stereocenters. The number of hydrogen-bond acceptors (Lipinski definition) is 2. The summed E-state index contributed by atoms with van der Waals surface area (Å²) < 4.78 is 0. The number of nitrogens with one attached hydrogen (secondary N) is 2. The predicted octanol–water partition coefficient (Wildman–Crippen LogP) is 2.95. The third-order valence-electron chi connectivity index (χ3n) is 3.09. The van der Waals surface area contributed by atoms with Crippen molar-refractivity contribution in [3.05, 3.63) is 46.1 Å². The van der Waals surface area contributed by atoms with Gasteiger partial charge in [-0.25, -0.2) is 4.79 Å². The van der Waals surface area contributed by atoms with Gasteiger partial charge in [0, 0.05) is 22.7 Å². The summed E-state index contributed by atoms with van der Waals surface area (Å²) in [5.41, 5.74) is 2.05. The van der Waals surface area contributed by atoms with Gasteiger partial charge < -0.3 is 10.6 Å². The number of carbonyl (C=O) groups is 2. The topological polar surface area (TPSA) is 58.2 Å². The van der Waals surface area contributed by atoms with Crippen molar-refractivity contribution in [1.82, 2.24) is 10.6 Å². The molecule has 2 rings (SSSR count). The third-order valence-corrected chi connectivity index (χ3v) is 3.35. The van der Waals surface area contributed by atoms with Crippen LogP contribution in [-0.4, -0.2) is 11.8 Å². The van der Waals surface area contributed by atoms with Crippen molar-refractivity contribution >= 4 is 23.4 Å². The van der Waals surface area contributed by atoms with Crippen LogP contribution in [0.4, 0.5) is 4.79 Å². The Bertz CT molecular complexity index is 549. The van der Waals surface area contributed by atoms with Crippen LogP contribution in [0.1, 0.15) is 31.9 Å². The molecule has 1 heterocycles. The van der Waals surface area contributed by atoms with Crippen LogP contribution >= 0.6 is 11.6 Å². The van der Waals surface area contributed by atoms with E-state index in [1.54, 1.807) is 26.0 Å². The molecule has 0 saturated carbocycles. The molecule has 0 aromatic heterocycles. The first kappa shape index (κ1) is 13.6. The summed E-state index contributed by atoms with van der Waals surface area (Å²) in [6, 6.07) is 6.40. The molecule has 1 aliphatic heterocycles. The van der Waals surface area contributed by atoms with E-state index in [-0.39, 0.29) is 11.8 Å². The lowest BCUT2D eigenvalue weighted by Crippen LogP contribution is -2.45. The van der Waals surface area contributed by atoms with Crippen LogP contribution in [0.5, 0.6) is 0 Å². The maximum absolute atomic E-state index is 12.1. The highest BCUT2D eigenvalue weighted by Gasteiger charge is 2.29. The standard InChI is InChI=1S/C14H15ClN2O2/c1-3-11(18)12-8(2)16-14(19)17-13(12)9-4-6-10(15)7-5-9/h4-7,13H,3H2,1-2H3,(H2,16,17,19). The van der Waals surface area contributed by atoms with Gasteiger partial charge in [0.15, 0.2) is 5.78 Å². The molecule has 1 aromatic rings. The highest BCUT2D eigenvalue weighted by Crippen LogP contribution is 2.28. The molecular weight excluding hydrogens is 264 g/mol. The lowest BCUT2D eigenvalue weighted by molar-refractivity contribution is -0.115. The van der Waals surface area contributed by atoms with E-state index in [9.17, 15) is 9.59 Å². The highest BCUT2D eigenvalue weighted by molar-refractivity contribution is 6.30. The maximum Gasteiger partial charge on any atom is 0.319 e. The zero-order valence-electron chi connectivity index (χ0n) is 10.8. The van der Waals surface area contributed by atoms with Crippen molar-refractivity contribution in [3.63, 3.8) is 0 Å². The summed E-state index contributed by atoms with van der Waals surface area (Å²) in [4.78, 5) is 23.6. The molecule has 0 radical (unpaired) electrons. The molecule has 1 aliphatic rings. The van der Waals surface area contributed by atoms with Gasteiger partial charge in [-0.05, 0) is 24.6 Å². The Morgan fingerprint density at radius 2 is 1.95 bits per heavy atom. The van der Waals surface area contributed by atoms with Crippen molar-refractivity contribution in [3.8, 4) is 0 Å². The summed E-state index contributed by atoms with van der Waals surface area (Å²) >= 11 is 5.86. The fraction of sp³-hybridized carbons (Fsp3) is 0.286. The molecule has 0 saturated heterocycles. The van der Waals surface area contributed by atoms with Gasteiger partial charge in [0.1, 0.15) is 0 Å². The zero-order chi connectivity index (χ0) is 14.0. The van der Waals surface area contributed by atoms with Gasteiger partial charge in [0.25, 0.3) is 0 Å². The van der Waals surface area contributed by atoms with Crippen LogP contribution in [-0.2, 0) is 4.79 Å². The van der Waals surface area contributed by atoms with Gasteiger partial charge in [-0.2, -0.15) is 0 Å². The summed E-state index contributed by atoms with van der Waals surface area (Å²) in [6.45, 7) is 3.54. The first-order valence-electron chi connectivity index (χ1n) is 6.10. The Labute approximate surface area is 116 Å². The number of carbonyl (C=O) groups excluding carboxylic acids is 2. The van der Waals surface area contributed by atoms with E-state index >= 15 is 0 Å². The molecule has 5 heteroatoms. The molecule has 0 spiro atoms. The molecular formula is C14H15ClN2O2. The largest absolute Gasteiger partial charge is 0.327 e. The van der Waals surface area contributed by atoms with Gasteiger partial charge in [-0.3, -0.25) is 4.79 Å². The first-order valence-corrected chi connectivity index (χ1v) is 6.47. The number of allylic oxidation sites excluding steroid dienone is 1. The van der Waals surface area contributed by atoms with Gasteiger partial charge in [-0.1, -0.05) is 30.7 Å². The van der Waals surface area contributed by atoms with E-state index in [0.29, 0.717) is 22.7 Å². The molecule has 19 heavy (non-hydrogen) atoms. The van der Waals surface area contributed by atoms with Crippen LogP contribution < -0.4 is 10.6 Å². The second-order valence-electron chi connectivity index (χ2n) is 4.40. The van der Waals surface area contributed by atoms with E-state index in [0.717, 1.165) is 5.56 Å². The van der Waals surface area contributed by atoms with E-state index in [1.807, 2.05) is 12.1 Å². The third kappa shape index (κ3) is 2.79. The first-order chi connectivity index (χ1) is 9.02. The van der Waals surface area contributed by atoms with Crippen molar-refractivity contribution in [1.29, 1.82) is 0 Å². The van der Waals surface area contributed by atoms with Crippen LogP contribution in [0, 0.1) is 0 Å². The average Bonchev–Trinajstić information content (AvgIpc) is 2.38. The molecule has 0 aliphatic carbocycles. The van der Waals surface area contributed by atoms with Crippen LogP contribution in [0.2, 0.25) is 5.02 Å². The Morgan fingerprint density at radius 1 is 1.32 bits per heavy atom. The Balaban J connectivity index is 2.46. The Hall–Kier alpha value is -1.81. The monoisotopic (exact) mass is 278 g/mol. The Kier molecular flexibility index (Phi) is 3.90. The normalized spacial score (nSPS) is 18.9. The number of amides is 2. The van der Waals surface area contributed by atoms with Crippen LogP contribution in [0.15, 0.2) is 35.5 Å². The number of Topliss-reactive ketones (excluding diaryl/α,β-unsaturated/α-hetero) is 1. The fourth-order valence-electron chi connectivity index (χ4n) is 2.16. The summed E-state index contributed by atoms with van der Waals surface area (Å²) in [5, 5.41) is 6.03. The zero-order valence-corrected chi connectivity index (χ0v) is 11.5. The molecule has 0 fully saturated rings. The second-order valence-corrected chi connectivity index (χ2v) is 4.83. The summed E-state index contributed by atoms with van der Waals surface area (Å²) in [7, 11) is 0. The lowest BCUT2D eigenvalue weighted by atomic mass is 9.91. The number of benzene rings is 1. The van der Waals surface area contributed by atoms with Gasteiger partial charge in [0.2, 0.25) is 0 Å². The number of halogens is 1. The number of rotatable bonds is 3. The SMILES string of the molecule is CCC(=O)C1=C(C)NC(=O)NC1c1ccc(Cl)cc1. The molecule has 2 N–H and O–H groups in total. The van der Waals surface area contributed by atoms with E-state index in [4.69, 9.17) is 11.6 Å². The molecule has 1 atom stereocenters. The van der Waals surface area contributed by atoms with Crippen LogP contribution in [0.25, 0.3) is 0 Å². The van der Waals surface area contributed by atoms with Crippen molar-refractivity contribution < 1.29 is 9.59 Å². The second kappa shape index (κ2) is 5.45. The molecule has 4 nitrogen and oxygen atoms in total. The number of hydrogen-bond donors (Lipinski definition) is 2. The lowest BCUT2D eigenvalue weighted by Gasteiger charge is -2.28. The van der Waals surface area contributed by atoms with Gasteiger partial charge in [0.05, 0.1) is 6.04 Å². The van der Waals surface area contributed by atoms with E-state index in [2.05, 4.69) is 10.6 Å². The van der Waals surface area contributed by atoms with Crippen molar-refractivity contribution in [2.75, 3.05) is 0 Å². The average molecular weight is 279 g/mol. The van der Waals surface area contributed by atoms with Crippen LogP contribution in [0.3, 0.4) is 0 Å². The summed E-state index contributed by atoms with van der Waals surface area (Å²) in [5.74, 6) is 0.0185. The predicted molar refractivity (Wildman–Crippen MR) is 73.9 cm³/mol. The number of ketones is 1. The van der Waals surface area contributed by atoms with E-state index in [1.165, 1.54) is 0 Å². The fourth-order valence-corrected chi connectivity index (χ4v) is 2.29. The summed E-state index contributed by atoms with van der Waals surface area (Å²) in [6.07, 6.45) is 0.397. The number of urea groups is 1. The van der Waals surface area contributed by atoms with Crippen molar-refractivity contribution in [2.24, 2.45) is 0 Å². The molecule has 100 valence electrons. The minimum Gasteiger partial charge on any atom is -0.327 e. The molecule has 1 aromatic carbocycles. The quantitative estimate of drug-likeness (QED) is 0.893. The smallest absolute Gasteiger partial charge is 0.319 e. The molecule has 0 bridgehead atoms. The Morgan fingerprint density at radius 3 is 2.53 bits per heavy atom. The van der Waals surface area contributed by atoms with Gasteiger partial charge >= 0.3 is 6.03 Å². The minimum atomic E-state index is -0.418. The van der Waals surface area contributed by atoms with E-state index < -0.39 is 6.04 Å². The maximum atomic E-state index is 12.1. The highest BCUT2D eigenvalue weighted by atomic mass is 35.5. The minimum absolute atomic E-state index is 0.0185.